The third-order valence-corrected chi connectivity index (χ3v) is 4.26. The second kappa shape index (κ2) is 6.45. The Bertz CT molecular complexity index is 265. The maximum Gasteiger partial charge on any atom is 0.233 e. The van der Waals surface area contributed by atoms with Gasteiger partial charge >= 0.3 is 0 Å². The molecule has 3 nitrogen and oxygen atoms in total. The second-order valence-corrected chi connectivity index (χ2v) is 5.68. The number of amides is 1. The Morgan fingerprint density at radius 2 is 2.19 bits per heavy atom. The van der Waals surface area contributed by atoms with Gasteiger partial charge in [-0.25, -0.2) is 0 Å². The first-order valence-electron chi connectivity index (χ1n) is 5.70. The number of hydrogen-bond acceptors (Lipinski definition) is 3. The molecule has 92 valence electrons. The topological polar surface area (TPSA) is 55.1 Å². The van der Waals surface area contributed by atoms with Gasteiger partial charge in [-0.1, -0.05) is 18.6 Å². The predicted molar refractivity (Wildman–Crippen MR) is 73.7 cm³/mol. The normalized spacial score (nSPS) is 17.6. The summed E-state index contributed by atoms with van der Waals surface area (Å²) in [7, 11) is 0. The summed E-state index contributed by atoms with van der Waals surface area (Å²) in [5.41, 5.74) is 5.13. The van der Waals surface area contributed by atoms with Crippen molar-refractivity contribution in [2.75, 3.05) is 18.6 Å². The highest BCUT2D eigenvalue weighted by Gasteiger charge is 2.46. The van der Waals surface area contributed by atoms with Crippen LogP contribution in [0.25, 0.3) is 0 Å². The van der Waals surface area contributed by atoms with E-state index >= 15 is 0 Å². The molecule has 1 aliphatic carbocycles. The van der Waals surface area contributed by atoms with E-state index < -0.39 is 5.41 Å². The van der Waals surface area contributed by atoms with E-state index in [1.807, 2.05) is 11.8 Å². The molecule has 1 aliphatic rings. The number of hydrogen-bond donors (Lipinski definition) is 2. The molecule has 0 bridgehead atoms. The summed E-state index contributed by atoms with van der Waals surface area (Å²) in [6, 6.07) is 0. The van der Waals surface area contributed by atoms with E-state index in [-0.39, 0.29) is 5.91 Å². The van der Waals surface area contributed by atoms with E-state index in [9.17, 15) is 4.79 Å². The maximum atomic E-state index is 11.9. The molecule has 3 N–H and O–H groups in total. The lowest BCUT2D eigenvalue weighted by Crippen LogP contribution is -2.53. The Balaban J connectivity index is 2.26. The van der Waals surface area contributed by atoms with Gasteiger partial charge in [0, 0.05) is 6.54 Å². The van der Waals surface area contributed by atoms with Gasteiger partial charge in [0.1, 0.15) is 0 Å². The average Bonchev–Trinajstić information content (AvgIpc) is 2.15. The number of thioether (sulfide) groups is 1. The number of unbranched alkanes of at least 4 members (excludes halogenated alkanes) is 1. The molecular weight excluding hydrogens is 240 g/mol. The van der Waals surface area contributed by atoms with Gasteiger partial charge in [-0.2, -0.15) is 11.8 Å². The number of carbonyl (C=O) groups excluding carboxylic acids is 1. The summed E-state index contributed by atoms with van der Waals surface area (Å²) >= 11 is 6.82. The zero-order valence-corrected chi connectivity index (χ0v) is 11.4. The Morgan fingerprint density at radius 3 is 2.62 bits per heavy atom. The van der Waals surface area contributed by atoms with Crippen LogP contribution in [0.2, 0.25) is 0 Å². The van der Waals surface area contributed by atoms with Crippen LogP contribution in [0.1, 0.15) is 32.1 Å². The molecule has 0 aromatic carbocycles. The minimum absolute atomic E-state index is 0.0374. The molecule has 0 spiro atoms. The predicted octanol–water partition coefficient (Wildman–Crippen LogP) is 1.70. The van der Waals surface area contributed by atoms with Crippen molar-refractivity contribution in [2.45, 2.75) is 32.1 Å². The van der Waals surface area contributed by atoms with E-state index in [1.54, 1.807) is 0 Å². The SMILES string of the molecule is CSCCCCNC(=O)C1(C(N)=S)CCC1. The molecule has 0 aliphatic heterocycles. The third kappa shape index (κ3) is 3.10. The van der Waals surface area contributed by atoms with E-state index in [0.29, 0.717) is 4.99 Å². The molecule has 0 saturated heterocycles. The minimum Gasteiger partial charge on any atom is -0.392 e. The average molecular weight is 260 g/mol. The molecule has 1 saturated carbocycles. The fourth-order valence-electron chi connectivity index (χ4n) is 1.86. The Morgan fingerprint density at radius 1 is 1.50 bits per heavy atom. The second-order valence-electron chi connectivity index (χ2n) is 4.26. The van der Waals surface area contributed by atoms with Crippen molar-refractivity contribution in [3.63, 3.8) is 0 Å². The lowest BCUT2D eigenvalue weighted by molar-refractivity contribution is -0.130. The molecule has 0 unspecified atom stereocenters. The van der Waals surface area contributed by atoms with E-state index in [0.717, 1.165) is 44.4 Å². The smallest absolute Gasteiger partial charge is 0.233 e. The zero-order chi connectivity index (χ0) is 12.0. The molecule has 0 atom stereocenters. The fraction of sp³-hybridized carbons (Fsp3) is 0.818. The standard InChI is InChI=1S/C11H20N2OS2/c1-16-8-3-2-7-13-10(14)11(9(12)15)5-4-6-11/h2-8H2,1H3,(H2,12,15)(H,13,14). The van der Waals surface area contributed by atoms with E-state index in [4.69, 9.17) is 18.0 Å². The summed E-state index contributed by atoms with van der Waals surface area (Å²) in [4.78, 5) is 12.3. The Labute approximate surface area is 107 Å². The highest BCUT2D eigenvalue weighted by Crippen LogP contribution is 2.41. The molecule has 1 fully saturated rings. The molecular formula is C11H20N2OS2. The van der Waals surface area contributed by atoms with Crippen LogP contribution < -0.4 is 11.1 Å². The molecule has 1 rings (SSSR count). The largest absolute Gasteiger partial charge is 0.392 e. The lowest BCUT2D eigenvalue weighted by Gasteiger charge is -2.39. The van der Waals surface area contributed by atoms with Crippen LogP contribution in [-0.2, 0) is 4.79 Å². The summed E-state index contributed by atoms with van der Waals surface area (Å²) in [5, 5.41) is 2.95. The van der Waals surface area contributed by atoms with Gasteiger partial charge in [-0.15, -0.1) is 0 Å². The van der Waals surface area contributed by atoms with Crippen molar-refractivity contribution in [3.05, 3.63) is 0 Å². The van der Waals surface area contributed by atoms with Gasteiger partial charge in [0.25, 0.3) is 0 Å². The highest BCUT2D eigenvalue weighted by molar-refractivity contribution is 7.98. The van der Waals surface area contributed by atoms with E-state index in [2.05, 4.69) is 11.6 Å². The monoisotopic (exact) mass is 260 g/mol. The van der Waals surface area contributed by atoms with Crippen LogP contribution in [0.4, 0.5) is 0 Å². The zero-order valence-electron chi connectivity index (χ0n) is 9.75. The van der Waals surface area contributed by atoms with Gasteiger partial charge in [0.05, 0.1) is 10.4 Å². The molecule has 1 amide bonds. The van der Waals surface area contributed by atoms with Crippen LogP contribution in [0.5, 0.6) is 0 Å². The van der Waals surface area contributed by atoms with Gasteiger partial charge < -0.3 is 11.1 Å². The maximum absolute atomic E-state index is 11.9. The van der Waals surface area contributed by atoms with Gasteiger partial charge in [-0.05, 0) is 37.7 Å². The number of carbonyl (C=O) groups is 1. The molecule has 16 heavy (non-hydrogen) atoms. The highest BCUT2D eigenvalue weighted by atomic mass is 32.2. The summed E-state index contributed by atoms with van der Waals surface area (Å²) in [6.07, 6.45) is 6.95. The summed E-state index contributed by atoms with van der Waals surface area (Å²) in [6.45, 7) is 0.740. The molecule has 0 heterocycles. The van der Waals surface area contributed by atoms with Crippen molar-refractivity contribution >= 4 is 34.9 Å². The van der Waals surface area contributed by atoms with Crippen LogP contribution in [0.3, 0.4) is 0 Å². The van der Waals surface area contributed by atoms with Crippen molar-refractivity contribution < 1.29 is 4.79 Å². The van der Waals surface area contributed by atoms with Gasteiger partial charge in [0.2, 0.25) is 5.91 Å². The number of nitrogens with one attached hydrogen (secondary N) is 1. The third-order valence-electron chi connectivity index (χ3n) is 3.17. The van der Waals surface area contributed by atoms with Crippen LogP contribution >= 0.6 is 24.0 Å². The van der Waals surface area contributed by atoms with Gasteiger partial charge in [-0.3, -0.25) is 4.79 Å². The summed E-state index contributed by atoms with van der Waals surface area (Å²) < 4.78 is 0. The first-order valence-corrected chi connectivity index (χ1v) is 7.51. The number of thiocarbonyl (C=S) groups is 1. The quantitative estimate of drug-likeness (QED) is 0.540. The van der Waals surface area contributed by atoms with Crippen molar-refractivity contribution in [1.29, 1.82) is 0 Å². The Kier molecular flexibility index (Phi) is 5.55. The molecule has 0 aromatic rings. The van der Waals surface area contributed by atoms with Crippen LogP contribution in [0, 0.1) is 5.41 Å². The summed E-state index contributed by atoms with van der Waals surface area (Å²) in [5.74, 6) is 1.19. The van der Waals surface area contributed by atoms with Crippen molar-refractivity contribution in [2.24, 2.45) is 11.1 Å². The minimum atomic E-state index is -0.519. The van der Waals surface area contributed by atoms with E-state index in [1.165, 1.54) is 0 Å². The fourth-order valence-corrected chi connectivity index (χ4v) is 2.65. The van der Waals surface area contributed by atoms with Crippen LogP contribution in [-0.4, -0.2) is 29.4 Å². The van der Waals surface area contributed by atoms with Crippen molar-refractivity contribution in [1.82, 2.24) is 5.32 Å². The van der Waals surface area contributed by atoms with Gasteiger partial charge in [0.15, 0.2) is 0 Å². The molecule has 0 radical (unpaired) electrons. The first kappa shape index (κ1) is 13.8. The number of rotatable bonds is 7. The molecule has 5 heteroatoms. The molecule has 0 aromatic heterocycles. The van der Waals surface area contributed by atoms with Crippen molar-refractivity contribution in [3.8, 4) is 0 Å². The van der Waals surface area contributed by atoms with Crippen LogP contribution in [0.15, 0.2) is 0 Å². The Hall–Kier alpha value is -0.290. The number of nitrogens with two attached hydrogens (primary N) is 1. The first-order chi connectivity index (χ1) is 7.63. The lowest BCUT2D eigenvalue weighted by atomic mass is 9.68.